The van der Waals surface area contributed by atoms with Gasteiger partial charge in [-0.3, -0.25) is 0 Å². The Hall–Kier alpha value is -1.89. The molecule has 2 amide bonds. The number of piperidine rings is 1. The van der Waals surface area contributed by atoms with Gasteiger partial charge in [0.15, 0.2) is 0 Å². The Labute approximate surface area is 136 Å². The van der Waals surface area contributed by atoms with E-state index in [4.69, 9.17) is 4.74 Å². The third kappa shape index (κ3) is 4.31. The zero-order valence-electron chi connectivity index (χ0n) is 13.6. The van der Waals surface area contributed by atoms with Crippen LogP contribution in [-0.2, 0) is 4.74 Å². The summed E-state index contributed by atoms with van der Waals surface area (Å²) in [6.45, 7) is 4.47. The van der Waals surface area contributed by atoms with Crippen molar-refractivity contribution in [3.63, 3.8) is 0 Å². The first kappa shape index (κ1) is 16.0. The molecule has 3 heterocycles. The Balaban J connectivity index is 1.48. The van der Waals surface area contributed by atoms with Gasteiger partial charge in [-0.2, -0.15) is 0 Å². The number of urea groups is 1. The highest BCUT2D eigenvalue weighted by atomic mass is 16.5. The van der Waals surface area contributed by atoms with Crippen molar-refractivity contribution in [2.45, 2.75) is 50.8 Å². The van der Waals surface area contributed by atoms with Gasteiger partial charge in [-0.05, 0) is 38.7 Å². The molecule has 1 aromatic rings. The molecule has 0 bridgehead atoms. The van der Waals surface area contributed by atoms with E-state index in [1.165, 1.54) is 0 Å². The van der Waals surface area contributed by atoms with E-state index in [9.17, 15) is 4.79 Å². The Morgan fingerprint density at radius 1 is 1.35 bits per heavy atom. The van der Waals surface area contributed by atoms with Crippen LogP contribution in [0.1, 0.15) is 32.6 Å². The fraction of sp³-hybridized carbons (Fsp3) is 0.688. The van der Waals surface area contributed by atoms with Gasteiger partial charge in [0.2, 0.25) is 5.95 Å². The van der Waals surface area contributed by atoms with Crippen LogP contribution in [0.15, 0.2) is 18.5 Å². The summed E-state index contributed by atoms with van der Waals surface area (Å²) in [6.07, 6.45) is 7.72. The second-order valence-electron chi connectivity index (χ2n) is 6.29. The first-order valence-electron chi connectivity index (χ1n) is 8.43. The van der Waals surface area contributed by atoms with Crippen LogP contribution in [0.4, 0.5) is 10.7 Å². The lowest BCUT2D eigenvalue weighted by Crippen LogP contribution is -2.53. The van der Waals surface area contributed by atoms with Crippen LogP contribution in [0, 0.1) is 0 Å². The van der Waals surface area contributed by atoms with Crippen LogP contribution < -0.4 is 15.5 Å². The van der Waals surface area contributed by atoms with Gasteiger partial charge < -0.3 is 20.3 Å². The Morgan fingerprint density at radius 2 is 2.17 bits per heavy atom. The molecule has 7 nitrogen and oxygen atoms in total. The highest BCUT2D eigenvalue weighted by Gasteiger charge is 2.26. The number of rotatable bonds is 4. The topological polar surface area (TPSA) is 79.4 Å². The Morgan fingerprint density at radius 3 is 2.91 bits per heavy atom. The fourth-order valence-electron chi connectivity index (χ4n) is 3.25. The monoisotopic (exact) mass is 319 g/mol. The Kier molecular flexibility index (Phi) is 5.27. The summed E-state index contributed by atoms with van der Waals surface area (Å²) in [5, 5.41) is 6.07. The number of nitrogens with one attached hydrogen (secondary N) is 2. The van der Waals surface area contributed by atoms with Gasteiger partial charge in [-0.1, -0.05) is 0 Å². The van der Waals surface area contributed by atoms with Gasteiger partial charge in [0.25, 0.3) is 0 Å². The molecule has 2 fully saturated rings. The summed E-state index contributed by atoms with van der Waals surface area (Å²) < 4.78 is 5.61. The molecule has 23 heavy (non-hydrogen) atoms. The number of hydrogen-bond acceptors (Lipinski definition) is 5. The molecule has 0 aromatic carbocycles. The molecule has 0 saturated carbocycles. The first-order chi connectivity index (χ1) is 11.2. The van der Waals surface area contributed by atoms with Crippen molar-refractivity contribution in [3.8, 4) is 0 Å². The van der Waals surface area contributed by atoms with Crippen LogP contribution in [0.5, 0.6) is 0 Å². The van der Waals surface area contributed by atoms with Crippen LogP contribution in [-0.4, -0.2) is 53.9 Å². The average molecular weight is 319 g/mol. The molecule has 2 aliphatic heterocycles. The van der Waals surface area contributed by atoms with Crippen molar-refractivity contribution in [1.29, 1.82) is 0 Å². The van der Waals surface area contributed by atoms with Crippen LogP contribution >= 0.6 is 0 Å². The Bertz CT molecular complexity index is 506. The molecule has 0 spiro atoms. The minimum Gasteiger partial charge on any atom is -0.376 e. The zero-order valence-corrected chi connectivity index (χ0v) is 13.6. The summed E-state index contributed by atoms with van der Waals surface area (Å²) in [6, 6.07) is 1.84. The largest absolute Gasteiger partial charge is 0.376 e. The number of carbonyl (C=O) groups is 1. The van der Waals surface area contributed by atoms with Crippen molar-refractivity contribution in [2.24, 2.45) is 0 Å². The SMILES string of the molecule is C[C@H](NC(=O)N[C@H]1CCCN(c2ncccn2)C1)[C@@H]1CCCO1. The maximum Gasteiger partial charge on any atom is 0.315 e. The number of ether oxygens (including phenoxy) is 1. The number of aromatic nitrogens is 2. The van der Waals surface area contributed by atoms with E-state index in [0.717, 1.165) is 51.3 Å². The van der Waals surface area contributed by atoms with Crippen molar-refractivity contribution >= 4 is 12.0 Å². The normalized spacial score (nSPS) is 25.9. The van der Waals surface area contributed by atoms with E-state index in [0.29, 0.717) is 0 Å². The lowest BCUT2D eigenvalue weighted by Gasteiger charge is -2.33. The van der Waals surface area contributed by atoms with E-state index >= 15 is 0 Å². The van der Waals surface area contributed by atoms with E-state index in [-0.39, 0.29) is 24.2 Å². The second kappa shape index (κ2) is 7.59. The number of nitrogens with zero attached hydrogens (tertiary/aromatic N) is 3. The number of hydrogen-bond donors (Lipinski definition) is 2. The number of anilines is 1. The molecule has 2 saturated heterocycles. The highest BCUT2D eigenvalue weighted by molar-refractivity contribution is 5.74. The minimum absolute atomic E-state index is 0.0367. The molecular weight excluding hydrogens is 294 g/mol. The molecule has 1 aromatic heterocycles. The third-order valence-corrected chi connectivity index (χ3v) is 4.47. The fourth-order valence-corrected chi connectivity index (χ4v) is 3.25. The molecule has 0 unspecified atom stereocenters. The zero-order chi connectivity index (χ0) is 16.1. The van der Waals surface area contributed by atoms with Crippen molar-refractivity contribution < 1.29 is 9.53 Å². The highest BCUT2D eigenvalue weighted by Crippen LogP contribution is 2.16. The maximum atomic E-state index is 12.2. The second-order valence-corrected chi connectivity index (χ2v) is 6.29. The predicted octanol–water partition coefficient (Wildman–Crippen LogP) is 1.31. The van der Waals surface area contributed by atoms with E-state index in [1.807, 2.05) is 13.0 Å². The van der Waals surface area contributed by atoms with Gasteiger partial charge >= 0.3 is 6.03 Å². The molecule has 3 rings (SSSR count). The third-order valence-electron chi connectivity index (χ3n) is 4.47. The predicted molar refractivity (Wildman–Crippen MR) is 87.4 cm³/mol. The molecule has 3 atom stereocenters. The van der Waals surface area contributed by atoms with Gasteiger partial charge in [-0.25, -0.2) is 14.8 Å². The summed E-state index contributed by atoms with van der Waals surface area (Å²) in [5.41, 5.74) is 0. The van der Waals surface area contributed by atoms with Crippen molar-refractivity contribution in [2.75, 3.05) is 24.6 Å². The smallest absolute Gasteiger partial charge is 0.315 e. The molecular formula is C16H25N5O2. The standard InChI is InChI=1S/C16H25N5O2/c1-12(14-6-3-10-23-14)19-16(22)20-13-5-2-9-21(11-13)15-17-7-4-8-18-15/h4,7-8,12-14H,2-3,5-6,9-11H2,1H3,(H2,19,20,22)/t12-,13-,14-/m0/s1. The van der Waals surface area contributed by atoms with Gasteiger partial charge in [0.1, 0.15) is 0 Å². The summed E-state index contributed by atoms with van der Waals surface area (Å²) in [4.78, 5) is 22.9. The minimum atomic E-state index is -0.117. The summed E-state index contributed by atoms with van der Waals surface area (Å²) in [7, 11) is 0. The molecule has 126 valence electrons. The first-order valence-corrected chi connectivity index (χ1v) is 8.43. The summed E-state index contributed by atoms with van der Waals surface area (Å²) in [5.74, 6) is 0.729. The van der Waals surface area contributed by atoms with Crippen molar-refractivity contribution in [1.82, 2.24) is 20.6 Å². The van der Waals surface area contributed by atoms with Crippen molar-refractivity contribution in [3.05, 3.63) is 18.5 Å². The quantitative estimate of drug-likeness (QED) is 0.875. The lowest BCUT2D eigenvalue weighted by atomic mass is 10.1. The molecule has 0 aliphatic carbocycles. The summed E-state index contributed by atoms with van der Waals surface area (Å²) >= 11 is 0. The van der Waals surface area contributed by atoms with E-state index in [2.05, 4.69) is 25.5 Å². The molecule has 2 aliphatic rings. The number of carbonyl (C=O) groups excluding carboxylic acids is 1. The molecule has 7 heteroatoms. The van der Waals surface area contributed by atoms with E-state index in [1.54, 1.807) is 12.4 Å². The van der Waals surface area contributed by atoms with Gasteiger partial charge in [0, 0.05) is 38.1 Å². The molecule has 0 radical (unpaired) electrons. The lowest BCUT2D eigenvalue weighted by molar-refractivity contribution is 0.0858. The maximum absolute atomic E-state index is 12.2. The van der Waals surface area contributed by atoms with Crippen LogP contribution in [0.25, 0.3) is 0 Å². The molecule has 2 N–H and O–H groups in total. The number of amides is 2. The van der Waals surface area contributed by atoms with Crippen LogP contribution in [0.2, 0.25) is 0 Å². The van der Waals surface area contributed by atoms with E-state index < -0.39 is 0 Å². The van der Waals surface area contributed by atoms with Gasteiger partial charge in [-0.15, -0.1) is 0 Å². The average Bonchev–Trinajstić information content (AvgIpc) is 3.10. The van der Waals surface area contributed by atoms with Gasteiger partial charge in [0.05, 0.1) is 12.1 Å². The van der Waals surface area contributed by atoms with Crippen LogP contribution in [0.3, 0.4) is 0 Å².